The van der Waals surface area contributed by atoms with E-state index in [0.29, 0.717) is 16.1 Å². The molecule has 2 N–H and O–H groups in total. The molecular weight excluding hydrogens is 339 g/mol. The van der Waals surface area contributed by atoms with Crippen molar-refractivity contribution in [1.29, 1.82) is 0 Å². The summed E-state index contributed by atoms with van der Waals surface area (Å²) in [6, 6.07) is 16.4. The van der Waals surface area contributed by atoms with Gasteiger partial charge >= 0.3 is 0 Å². The number of rotatable bonds is 4. The number of amides is 2. The molecule has 2 aromatic carbocycles. The van der Waals surface area contributed by atoms with Gasteiger partial charge in [0.1, 0.15) is 5.82 Å². The Bertz CT molecular complexity index is 902. The van der Waals surface area contributed by atoms with Crippen LogP contribution < -0.4 is 10.6 Å². The van der Waals surface area contributed by atoms with E-state index in [2.05, 4.69) is 10.6 Å². The summed E-state index contributed by atoms with van der Waals surface area (Å²) < 4.78 is 13.0. The Morgan fingerprint density at radius 3 is 2.20 bits per heavy atom. The Balaban J connectivity index is 1.71. The Morgan fingerprint density at radius 2 is 1.56 bits per heavy atom. The standard InChI is InChI=1S/C19H15FN2O2S/c1-21-18(23)13-4-8-15(9-5-13)22-19(24)17-11-10-16(25-17)12-2-6-14(20)7-3-12/h2-11H,1H3,(H,21,23)(H,22,24). The lowest BCUT2D eigenvalue weighted by molar-refractivity contribution is 0.0962. The lowest BCUT2D eigenvalue weighted by Gasteiger charge is -2.05. The first-order valence-electron chi connectivity index (χ1n) is 7.56. The van der Waals surface area contributed by atoms with Crippen molar-refractivity contribution >= 4 is 28.8 Å². The van der Waals surface area contributed by atoms with Gasteiger partial charge in [0.25, 0.3) is 11.8 Å². The van der Waals surface area contributed by atoms with Gasteiger partial charge in [0, 0.05) is 23.2 Å². The van der Waals surface area contributed by atoms with Crippen LogP contribution in [0.5, 0.6) is 0 Å². The fraction of sp³-hybridized carbons (Fsp3) is 0.0526. The second-order valence-electron chi connectivity index (χ2n) is 5.28. The first-order valence-corrected chi connectivity index (χ1v) is 8.38. The van der Waals surface area contributed by atoms with E-state index in [4.69, 9.17) is 0 Å². The fourth-order valence-corrected chi connectivity index (χ4v) is 3.18. The quantitative estimate of drug-likeness (QED) is 0.739. The molecule has 4 nitrogen and oxygen atoms in total. The number of hydrogen-bond acceptors (Lipinski definition) is 3. The maximum absolute atomic E-state index is 13.0. The highest BCUT2D eigenvalue weighted by Crippen LogP contribution is 2.28. The van der Waals surface area contributed by atoms with Gasteiger partial charge in [0.15, 0.2) is 0 Å². The second-order valence-corrected chi connectivity index (χ2v) is 6.37. The van der Waals surface area contributed by atoms with Gasteiger partial charge in [-0.3, -0.25) is 9.59 Å². The van der Waals surface area contributed by atoms with Gasteiger partial charge in [0.2, 0.25) is 0 Å². The largest absolute Gasteiger partial charge is 0.355 e. The number of hydrogen-bond donors (Lipinski definition) is 2. The average Bonchev–Trinajstić information content (AvgIpc) is 3.12. The van der Waals surface area contributed by atoms with Crippen LogP contribution in [0.2, 0.25) is 0 Å². The summed E-state index contributed by atoms with van der Waals surface area (Å²) in [6.45, 7) is 0. The molecule has 25 heavy (non-hydrogen) atoms. The zero-order valence-electron chi connectivity index (χ0n) is 13.4. The average molecular weight is 354 g/mol. The van der Waals surface area contributed by atoms with Crippen molar-refractivity contribution in [1.82, 2.24) is 5.32 Å². The molecule has 126 valence electrons. The van der Waals surface area contributed by atoms with E-state index in [1.54, 1.807) is 49.5 Å². The van der Waals surface area contributed by atoms with E-state index < -0.39 is 0 Å². The minimum Gasteiger partial charge on any atom is -0.355 e. The highest BCUT2D eigenvalue weighted by Gasteiger charge is 2.11. The highest BCUT2D eigenvalue weighted by atomic mass is 32.1. The summed E-state index contributed by atoms with van der Waals surface area (Å²) in [5.41, 5.74) is 1.99. The Kier molecular flexibility index (Phi) is 4.90. The third-order valence-corrected chi connectivity index (χ3v) is 4.72. The van der Waals surface area contributed by atoms with Crippen LogP contribution in [0, 0.1) is 5.82 Å². The maximum Gasteiger partial charge on any atom is 0.265 e. The van der Waals surface area contributed by atoms with Crippen LogP contribution in [-0.2, 0) is 0 Å². The molecule has 0 spiro atoms. The SMILES string of the molecule is CNC(=O)c1ccc(NC(=O)c2ccc(-c3ccc(F)cc3)s2)cc1. The smallest absolute Gasteiger partial charge is 0.265 e. The van der Waals surface area contributed by atoms with Crippen molar-refractivity contribution in [2.24, 2.45) is 0 Å². The minimum atomic E-state index is -0.293. The summed E-state index contributed by atoms with van der Waals surface area (Å²) in [7, 11) is 1.56. The Morgan fingerprint density at radius 1 is 0.880 bits per heavy atom. The van der Waals surface area contributed by atoms with E-state index in [1.807, 2.05) is 6.07 Å². The molecule has 0 saturated heterocycles. The molecule has 6 heteroatoms. The van der Waals surface area contributed by atoms with E-state index in [1.165, 1.54) is 23.5 Å². The molecule has 1 aromatic heterocycles. The van der Waals surface area contributed by atoms with Crippen molar-refractivity contribution in [3.05, 3.63) is 76.9 Å². The molecule has 3 rings (SSSR count). The summed E-state index contributed by atoms with van der Waals surface area (Å²) in [5, 5.41) is 5.34. The molecule has 3 aromatic rings. The number of nitrogens with one attached hydrogen (secondary N) is 2. The molecule has 0 aliphatic rings. The Labute approximate surface area is 148 Å². The van der Waals surface area contributed by atoms with E-state index in [9.17, 15) is 14.0 Å². The summed E-state index contributed by atoms with van der Waals surface area (Å²) >= 11 is 1.33. The molecule has 0 unspecified atom stereocenters. The van der Waals surface area contributed by atoms with Gasteiger partial charge in [-0.15, -0.1) is 11.3 Å². The monoisotopic (exact) mass is 354 g/mol. The molecule has 0 aliphatic carbocycles. The third kappa shape index (κ3) is 3.92. The zero-order chi connectivity index (χ0) is 17.8. The zero-order valence-corrected chi connectivity index (χ0v) is 14.2. The number of halogens is 1. The summed E-state index contributed by atoms with van der Waals surface area (Å²) in [5.74, 6) is -0.704. The van der Waals surface area contributed by atoms with E-state index in [-0.39, 0.29) is 17.6 Å². The second kappa shape index (κ2) is 7.27. The van der Waals surface area contributed by atoms with E-state index in [0.717, 1.165) is 10.4 Å². The first-order chi connectivity index (χ1) is 12.1. The molecule has 0 atom stereocenters. The molecule has 2 amide bonds. The maximum atomic E-state index is 13.0. The van der Waals surface area contributed by atoms with Crippen LogP contribution in [0.4, 0.5) is 10.1 Å². The van der Waals surface area contributed by atoms with Gasteiger partial charge in [-0.25, -0.2) is 4.39 Å². The molecule has 0 fully saturated rings. The van der Waals surface area contributed by atoms with Crippen LogP contribution in [0.15, 0.2) is 60.7 Å². The van der Waals surface area contributed by atoms with Crippen molar-refractivity contribution in [3.8, 4) is 10.4 Å². The van der Waals surface area contributed by atoms with Crippen molar-refractivity contribution in [2.75, 3.05) is 12.4 Å². The van der Waals surface area contributed by atoms with Gasteiger partial charge in [-0.05, 0) is 54.1 Å². The molecule has 0 saturated carbocycles. The normalized spacial score (nSPS) is 10.3. The van der Waals surface area contributed by atoms with Crippen LogP contribution in [0.1, 0.15) is 20.0 Å². The topological polar surface area (TPSA) is 58.2 Å². The first kappa shape index (κ1) is 16.9. The highest BCUT2D eigenvalue weighted by molar-refractivity contribution is 7.17. The lowest BCUT2D eigenvalue weighted by Crippen LogP contribution is -2.17. The van der Waals surface area contributed by atoms with Gasteiger partial charge in [-0.1, -0.05) is 12.1 Å². The van der Waals surface area contributed by atoms with Crippen LogP contribution >= 0.6 is 11.3 Å². The molecule has 0 bridgehead atoms. The van der Waals surface area contributed by atoms with Crippen molar-refractivity contribution in [3.63, 3.8) is 0 Å². The van der Waals surface area contributed by atoms with E-state index >= 15 is 0 Å². The number of thiophene rings is 1. The van der Waals surface area contributed by atoms with Gasteiger partial charge in [0.05, 0.1) is 4.88 Å². The lowest BCUT2D eigenvalue weighted by atomic mass is 10.2. The van der Waals surface area contributed by atoms with Crippen LogP contribution in [0.25, 0.3) is 10.4 Å². The molecule has 1 heterocycles. The molecule has 0 aliphatic heterocycles. The molecular formula is C19H15FN2O2S. The number of carbonyl (C=O) groups excluding carboxylic acids is 2. The van der Waals surface area contributed by atoms with Crippen molar-refractivity contribution < 1.29 is 14.0 Å². The summed E-state index contributed by atoms with van der Waals surface area (Å²) in [4.78, 5) is 25.3. The Hall–Kier alpha value is -2.99. The van der Waals surface area contributed by atoms with Gasteiger partial charge < -0.3 is 10.6 Å². The summed E-state index contributed by atoms with van der Waals surface area (Å²) in [6.07, 6.45) is 0. The van der Waals surface area contributed by atoms with Gasteiger partial charge in [-0.2, -0.15) is 0 Å². The predicted octanol–water partition coefficient (Wildman–Crippen LogP) is 4.17. The fourth-order valence-electron chi connectivity index (χ4n) is 2.27. The number of benzene rings is 2. The molecule has 0 radical (unpaired) electrons. The number of anilines is 1. The minimum absolute atomic E-state index is 0.180. The van der Waals surface area contributed by atoms with Crippen molar-refractivity contribution in [2.45, 2.75) is 0 Å². The number of carbonyl (C=O) groups is 2. The third-order valence-electron chi connectivity index (χ3n) is 3.59. The predicted molar refractivity (Wildman–Crippen MR) is 97.5 cm³/mol. The van der Waals surface area contributed by atoms with Crippen LogP contribution in [-0.4, -0.2) is 18.9 Å². The van der Waals surface area contributed by atoms with Crippen LogP contribution in [0.3, 0.4) is 0 Å².